The fourth-order valence-corrected chi connectivity index (χ4v) is 3.26. The van der Waals surface area contributed by atoms with Gasteiger partial charge in [-0.2, -0.15) is 5.10 Å². The number of amides is 1. The Morgan fingerprint density at radius 3 is 2.53 bits per heavy atom. The van der Waals surface area contributed by atoms with E-state index in [9.17, 15) is 14.9 Å². The van der Waals surface area contributed by atoms with Crippen molar-refractivity contribution in [2.45, 2.75) is 26.2 Å². The molecule has 0 aromatic heterocycles. The number of carbonyl (C=O) groups excluding carboxylic acids is 1. The molecule has 0 radical (unpaired) electrons. The van der Waals surface area contributed by atoms with Gasteiger partial charge in [0.25, 0.3) is 11.6 Å². The number of non-ortho nitro benzene ring substituents is 1. The van der Waals surface area contributed by atoms with Crippen LogP contribution in [0.4, 0.5) is 11.4 Å². The number of morpholine rings is 1. The molecular weight excluding hydrogens is 412 g/mol. The van der Waals surface area contributed by atoms with E-state index < -0.39 is 10.8 Å². The van der Waals surface area contributed by atoms with E-state index in [1.54, 1.807) is 6.07 Å². The summed E-state index contributed by atoms with van der Waals surface area (Å²) in [6.45, 7) is 8.69. The van der Waals surface area contributed by atoms with Crippen LogP contribution in [0, 0.1) is 10.1 Å². The van der Waals surface area contributed by atoms with Crippen LogP contribution in [0.25, 0.3) is 0 Å². The van der Waals surface area contributed by atoms with Gasteiger partial charge in [0.15, 0.2) is 6.61 Å². The molecule has 1 saturated heterocycles. The van der Waals surface area contributed by atoms with Crippen LogP contribution < -0.4 is 15.1 Å². The topological polar surface area (TPSA) is 106 Å². The van der Waals surface area contributed by atoms with Gasteiger partial charge in [0.1, 0.15) is 5.75 Å². The maximum atomic E-state index is 12.1. The zero-order valence-corrected chi connectivity index (χ0v) is 18.5. The van der Waals surface area contributed by atoms with Gasteiger partial charge < -0.3 is 14.4 Å². The standard InChI is InChI=1S/C23H28N4O5/c1-23(2,3)18-4-7-20(8-5-18)32-16-22(28)25-24-15-17-14-19(27(29)30)6-9-21(17)26-10-12-31-13-11-26/h4-9,14-15H,10-13,16H2,1-3H3,(H,25,28)/b24-15-. The van der Waals surface area contributed by atoms with Crippen molar-refractivity contribution in [1.82, 2.24) is 5.43 Å². The third-order valence-electron chi connectivity index (χ3n) is 5.06. The number of nitro benzene ring substituents is 1. The van der Waals surface area contributed by atoms with Crippen LogP contribution in [0.5, 0.6) is 5.75 Å². The Morgan fingerprint density at radius 1 is 1.22 bits per heavy atom. The maximum Gasteiger partial charge on any atom is 0.277 e. The predicted octanol–water partition coefficient (Wildman–Crippen LogP) is 3.26. The number of benzene rings is 2. The number of hydrazone groups is 1. The largest absolute Gasteiger partial charge is 0.484 e. The van der Waals surface area contributed by atoms with Crippen LogP contribution in [-0.2, 0) is 14.9 Å². The minimum Gasteiger partial charge on any atom is -0.484 e. The molecule has 170 valence electrons. The third-order valence-corrected chi connectivity index (χ3v) is 5.06. The van der Waals surface area contributed by atoms with E-state index >= 15 is 0 Å². The Kier molecular flexibility index (Phi) is 7.42. The fraction of sp³-hybridized carbons (Fsp3) is 0.391. The Labute approximate surface area is 187 Å². The number of anilines is 1. The summed E-state index contributed by atoms with van der Waals surface area (Å²) < 4.78 is 10.9. The second kappa shape index (κ2) is 10.2. The molecular formula is C23H28N4O5. The number of hydrogen-bond acceptors (Lipinski definition) is 7. The summed E-state index contributed by atoms with van der Waals surface area (Å²) in [6, 6.07) is 12.2. The molecule has 2 aromatic rings. The molecule has 0 saturated carbocycles. The van der Waals surface area contributed by atoms with Crippen molar-refractivity contribution in [3.05, 3.63) is 63.7 Å². The quantitative estimate of drug-likeness (QED) is 0.402. The number of nitro groups is 1. The third kappa shape index (κ3) is 6.27. The molecule has 2 aromatic carbocycles. The van der Waals surface area contributed by atoms with Gasteiger partial charge in [0.05, 0.1) is 24.4 Å². The molecule has 0 atom stereocenters. The van der Waals surface area contributed by atoms with E-state index in [1.165, 1.54) is 23.9 Å². The highest BCUT2D eigenvalue weighted by atomic mass is 16.6. The summed E-state index contributed by atoms with van der Waals surface area (Å²) in [5.74, 6) is 0.157. The first-order chi connectivity index (χ1) is 15.2. The number of hydrogen-bond donors (Lipinski definition) is 1. The van der Waals surface area contributed by atoms with Crippen LogP contribution in [0.1, 0.15) is 31.9 Å². The first-order valence-electron chi connectivity index (χ1n) is 10.4. The molecule has 0 unspecified atom stereocenters. The average Bonchev–Trinajstić information content (AvgIpc) is 2.78. The minimum atomic E-state index is -0.461. The number of nitrogens with zero attached hydrogens (tertiary/aromatic N) is 3. The Morgan fingerprint density at radius 2 is 1.91 bits per heavy atom. The Hall–Kier alpha value is -3.46. The molecule has 1 aliphatic rings. The van der Waals surface area contributed by atoms with E-state index in [1.807, 2.05) is 24.3 Å². The lowest BCUT2D eigenvalue weighted by Crippen LogP contribution is -2.36. The fourth-order valence-electron chi connectivity index (χ4n) is 3.26. The van der Waals surface area contributed by atoms with E-state index in [0.29, 0.717) is 37.6 Å². The number of ether oxygens (including phenoxy) is 2. The van der Waals surface area contributed by atoms with Crippen LogP contribution in [0.15, 0.2) is 47.6 Å². The Bertz CT molecular complexity index is 977. The highest BCUT2D eigenvalue weighted by molar-refractivity contribution is 5.90. The highest BCUT2D eigenvalue weighted by Gasteiger charge is 2.17. The lowest BCUT2D eigenvalue weighted by molar-refractivity contribution is -0.384. The lowest BCUT2D eigenvalue weighted by Gasteiger charge is -2.29. The summed E-state index contributed by atoms with van der Waals surface area (Å²) >= 11 is 0. The van der Waals surface area contributed by atoms with Gasteiger partial charge in [-0.15, -0.1) is 0 Å². The molecule has 1 N–H and O–H groups in total. The van der Waals surface area contributed by atoms with Gasteiger partial charge in [0.2, 0.25) is 0 Å². The van der Waals surface area contributed by atoms with Crippen LogP contribution >= 0.6 is 0 Å². The molecule has 1 fully saturated rings. The van der Waals surface area contributed by atoms with Gasteiger partial charge >= 0.3 is 0 Å². The highest BCUT2D eigenvalue weighted by Crippen LogP contribution is 2.25. The molecule has 1 amide bonds. The van der Waals surface area contributed by atoms with Crippen molar-refractivity contribution in [3.8, 4) is 5.75 Å². The molecule has 0 aliphatic carbocycles. The molecule has 1 heterocycles. The summed E-state index contributed by atoms with van der Waals surface area (Å²) in [6.07, 6.45) is 1.41. The lowest BCUT2D eigenvalue weighted by atomic mass is 9.87. The van der Waals surface area contributed by atoms with Crippen molar-refractivity contribution in [2.75, 3.05) is 37.8 Å². The molecule has 1 aliphatic heterocycles. The van der Waals surface area contributed by atoms with Gasteiger partial charge in [-0.05, 0) is 29.2 Å². The summed E-state index contributed by atoms with van der Waals surface area (Å²) in [5, 5.41) is 15.1. The monoisotopic (exact) mass is 440 g/mol. The molecule has 9 nitrogen and oxygen atoms in total. The first-order valence-corrected chi connectivity index (χ1v) is 10.4. The molecule has 32 heavy (non-hydrogen) atoms. The van der Waals surface area contributed by atoms with E-state index in [-0.39, 0.29) is 17.7 Å². The van der Waals surface area contributed by atoms with Crippen LogP contribution in [0.3, 0.4) is 0 Å². The minimum absolute atomic E-state index is 0.0389. The maximum absolute atomic E-state index is 12.1. The van der Waals surface area contributed by atoms with Gasteiger partial charge in [-0.1, -0.05) is 32.9 Å². The van der Waals surface area contributed by atoms with Crippen molar-refractivity contribution < 1.29 is 19.2 Å². The van der Waals surface area contributed by atoms with Gasteiger partial charge in [-0.25, -0.2) is 5.43 Å². The van der Waals surface area contributed by atoms with E-state index in [2.05, 4.69) is 36.2 Å². The molecule has 0 bridgehead atoms. The average molecular weight is 441 g/mol. The number of nitrogens with one attached hydrogen (secondary N) is 1. The second-order valence-electron chi connectivity index (χ2n) is 8.46. The van der Waals surface area contributed by atoms with Gasteiger partial charge in [0, 0.05) is 36.5 Å². The van der Waals surface area contributed by atoms with E-state index in [4.69, 9.17) is 9.47 Å². The van der Waals surface area contributed by atoms with Gasteiger partial charge in [-0.3, -0.25) is 14.9 Å². The van der Waals surface area contributed by atoms with Crippen molar-refractivity contribution in [3.63, 3.8) is 0 Å². The summed E-state index contributed by atoms with van der Waals surface area (Å²) in [7, 11) is 0. The van der Waals surface area contributed by atoms with Crippen molar-refractivity contribution in [1.29, 1.82) is 0 Å². The molecule has 9 heteroatoms. The molecule has 0 spiro atoms. The number of carbonyl (C=O) groups is 1. The van der Waals surface area contributed by atoms with E-state index in [0.717, 1.165) is 5.69 Å². The predicted molar refractivity (Wildman–Crippen MR) is 123 cm³/mol. The molecule has 3 rings (SSSR count). The Balaban J connectivity index is 1.61. The first kappa shape index (κ1) is 23.2. The zero-order valence-electron chi connectivity index (χ0n) is 18.5. The van der Waals surface area contributed by atoms with Crippen molar-refractivity contribution in [2.24, 2.45) is 5.10 Å². The van der Waals surface area contributed by atoms with Crippen LogP contribution in [-0.4, -0.2) is 50.0 Å². The normalized spacial score (nSPS) is 14.4. The smallest absolute Gasteiger partial charge is 0.277 e. The summed E-state index contributed by atoms with van der Waals surface area (Å²) in [5.41, 5.74) is 4.92. The van der Waals surface area contributed by atoms with Crippen molar-refractivity contribution >= 4 is 23.5 Å². The number of rotatable bonds is 7. The zero-order chi connectivity index (χ0) is 23.1. The SMILES string of the molecule is CC(C)(C)c1ccc(OCC(=O)N/N=C\c2cc([N+](=O)[O-])ccc2N2CCOCC2)cc1. The van der Waals surface area contributed by atoms with Crippen LogP contribution in [0.2, 0.25) is 0 Å². The second-order valence-corrected chi connectivity index (χ2v) is 8.46. The summed E-state index contributed by atoms with van der Waals surface area (Å²) in [4.78, 5) is 24.9.